The standard InChI is InChI=1S/C25H23NO5S/c1-14-11-20(31-3)15(2)10-19(14)23(28)21-22(16-6-4-7-17(27)12-16)26(25(30)24(21)29)13-18-8-5-9-32-18/h4-12,22,27-28H,13H2,1-3H3/b23-21+. The first-order chi connectivity index (χ1) is 15.3. The molecule has 7 heteroatoms. The van der Waals surface area contributed by atoms with E-state index in [2.05, 4.69) is 0 Å². The summed E-state index contributed by atoms with van der Waals surface area (Å²) in [7, 11) is 1.57. The molecule has 4 rings (SSSR count). The number of ether oxygens (including phenoxy) is 1. The molecule has 1 aliphatic heterocycles. The number of hydrogen-bond acceptors (Lipinski definition) is 6. The van der Waals surface area contributed by atoms with Crippen LogP contribution < -0.4 is 4.74 Å². The van der Waals surface area contributed by atoms with Crippen molar-refractivity contribution < 1.29 is 24.5 Å². The second-order valence-corrected chi connectivity index (χ2v) is 8.77. The van der Waals surface area contributed by atoms with E-state index in [4.69, 9.17) is 4.74 Å². The number of aliphatic hydroxyl groups is 1. The fourth-order valence-electron chi connectivity index (χ4n) is 4.06. The molecule has 1 aliphatic rings. The number of ketones is 1. The van der Waals surface area contributed by atoms with Crippen LogP contribution in [0.15, 0.2) is 59.5 Å². The summed E-state index contributed by atoms with van der Waals surface area (Å²) in [5.74, 6) is -0.993. The number of benzene rings is 2. The highest BCUT2D eigenvalue weighted by Crippen LogP contribution is 2.42. The first-order valence-corrected chi connectivity index (χ1v) is 10.9. The smallest absolute Gasteiger partial charge is 0.295 e. The van der Waals surface area contributed by atoms with Gasteiger partial charge in [0.15, 0.2) is 0 Å². The maximum atomic E-state index is 13.2. The number of carbonyl (C=O) groups is 2. The van der Waals surface area contributed by atoms with Gasteiger partial charge in [-0.15, -0.1) is 11.3 Å². The predicted octanol–water partition coefficient (Wildman–Crippen LogP) is 4.70. The van der Waals surface area contributed by atoms with Crippen molar-refractivity contribution in [3.63, 3.8) is 0 Å². The minimum Gasteiger partial charge on any atom is -0.508 e. The minimum absolute atomic E-state index is 0.00447. The van der Waals surface area contributed by atoms with Crippen molar-refractivity contribution in [1.29, 1.82) is 0 Å². The highest BCUT2D eigenvalue weighted by atomic mass is 32.1. The normalized spacial score (nSPS) is 17.7. The van der Waals surface area contributed by atoms with E-state index in [1.165, 1.54) is 28.4 Å². The summed E-state index contributed by atoms with van der Waals surface area (Å²) in [5, 5.41) is 23.3. The van der Waals surface area contributed by atoms with Crippen molar-refractivity contribution in [3.05, 3.63) is 86.6 Å². The second-order valence-electron chi connectivity index (χ2n) is 7.74. The van der Waals surface area contributed by atoms with E-state index < -0.39 is 17.7 Å². The first kappa shape index (κ1) is 21.6. The number of aryl methyl sites for hydroxylation is 2. The maximum absolute atomic E-state index is 13.2. The molecule has 0 aliphatic carbocycles. The van der Waals surface area contributed by atoms with Gasteiger partial charge in [-0.2, -0.15) is 0 Å². The molecule has 3 aromatic rings. The topological polar surface area (TPSA) is 87.1 Å². The van der Waals surface area contributed by atoms with Crippen LogP contribution in [0.4, 0.5) is 0 Å². The average molecular weight is 450 g/mol. The molecule has 2 aromatic carbocycles. The maximum Gasteiger partial charge on any atom is 0.295 e. The number of thiophene rings is 1. The highest BCUT2D eigenvalue weighted by molar-refractivity contribution is 7.09. The summed E-state index contributed by atoms with van der Waals surface area (Å²) in [6, 6.07) is 12.9. The van der Waals surface area contributed by atoms with Gasteiger partial charge in [0.05, 0.1) is 25.3 Å². The van der Waals surface area contributed by atoms with Gasteiger partial charge in [0.1, 0.15) is 17.3 Å². The van der Waals surface area contributed by atoms with Crippen molar-refractivity contribution in [2.75, 3.05) is 7.11 Å². The molecular formula is C25H23NO5S. The Balaban J connectivity index is 1.91. The lowest BCUT2D eigenvalue weighted by molar-refractivity contribution is -0.140. The van der Waals surface area contributed by atoms with Gasteiger partial charge in [0.25, 0.3) is 11.7 Å². The zero-order valence-electron chi connectivity index (χ0n) is 18.0. The number of rotatable bonds is 5. The van der Waals surface area contributed by atoms with E-state index in [9.17, 15) is 19.8 Å². The summed E-state index contributed by atoms with van der Waals surface area (Å²) >= 11 is 1.48. The molecule has 1 atom stereocenters. The van der Waals surface area contributed by atoms with E-state index in [-0.39, 0.29) is 23.6 Å². The van der Waals surface area contributed by atoms with Crippen molar-refractivity contribution in [3.8, 4) is 11.5 Å². The van der Waals surface area contributed by atoms with Gasteiger partial charge >= 0.3 is 0 Å². The van der Waals surface area contributed by atoms with Crippen LogP contribution in [0.3, 0.4) is 0 Å². The Kier molecular flexibility index (Phi) is 5.76. The van der Waals surface area contributed by atoms with Gasteiger partial charge in [0.2, 0.25) is 0 Å². The molecule has 2 N–H and O–H groups in total. The van der Waals surface area contributed by atoms with Crippen molar-refractivity contribution in [2.24, 2.45) is 0 Å². The van der Waals surface area contributed by atoms with Crippen molar-refractivity contribution in [2.45, 2.75) is 26.4 Å². The van der Waals surface area contributed by atoms with Crippen molar-refractivity contribution >= 4 is 28.8 Å². The first-order valence-electron chi connectivity index (χ1n) is 10.1. The fraction of sp³-hybridized carbons (Fsp3) is 0.200. The predicted molar refractivity (Wildman–Crippen MR) is 123 cm³/mol. The third-order valence-corrected chi connectivity index (χ3v) is 6.49. The van der Waals surface area contributed by atoms with Crippen LogP contribution >= 0.6 is 11.3 Å². The molecule has 1 aromatic heterocycles. The summed E-state index contributed by atoms with van der Waals surface area (Å²) in [6.07, 6.45) is 0. The Morgan fingerprint density at radius 3 is 2.53 bits per heavy atom. The average Bonchev–Trinajstić information content (AvgIpc) is 3.37. The van der Waals surface area contributed by atoms with E-state index in [1.807, 2.05) is 31.4 Å². The van der Waals surface area contributed by atoms with Gasteiger partial charge in [-0.1, -0.05) is 18.2 Å². The van der Waals surface area contributed by atoms with Crippen LogP contribution in [0.1, 0.15) is 33.2 Å². The number of aromatic hydroxyl groups is 1. The summed E-state index contributed by atoms with van der Waals surface area (Å²) in [6.45, 7) is 3.87. The van der Waals surface area contributed by atoms with E-state index in [1.54, 1.807) is 31.4 Å². The molecule has 0 bridgehead atoms. The van der Waals surface area contributed by atoms with Gasteiger partial charge in [-0.05, 0) is 66.2 Å². The second kappa shape index (κ2) is 8.51. The van der Waals surface area contributed by atoms with Crippen LogP contribution in [0, 0.1) is 13.8 Å². The lowest BCUT2D eigenvalue weighted by Gasteiger charge is -2.25. The number of hydrogen-bond donors (Lipinski definition) is 2. The number of phenols is 1. The minimum atomic E-state index is -0.828. The zero-order chi connectivity index (χ0) is 23.0. The molecular weight excluding hydrogens is 426 g/mol. The van der Waals surface area contributed by atoms with Gasteiger partial charge in [0, 0.05) is 10.4 Å². The highest BCUT2D eigenvalue weighted by Gasteiger charge is 2.46. The van der Waals surface area contributed by atoms with Crippen LogP contribution in [0.2, 0.25) is 0 Å². The molecule has 0 saturated carbocycles. The fourth-order valence-corrected chi connectivity index (χ4v) is 4.77. The third-order valence-electron chi connectivity index (χ3n) is 5.63. The van der Waals surface area contributed by atoms with Crippen LogP contribution in [0.5, 0.6) is 11.5 Å². The molecule has 32 heavy (non-hydrogen) atoms. The number of phenolic OH excluding ortho intramolecular Hbond substituents is 1. The molecule has 1 fully saturated rings. The lowest BCUT2D eigenvalue weighted by atomic mass is 9.93. The SMILES string of the molecule is COc1cc(C)c(/C(O)=C2\C(=O)C(=O)N(Cc3cccs3)C2c2cccc(O)c2)cc1C. The number of methoxy groups -OCH3 is 1. The number of carbonyl (C=O) groups excluding carboxylic acids is 2. The Morgan fingerprint density at radius 2 is 1.88 bits per heavy atom. The Hall–Kier alpha value is -3.58. The van der Waals surface area contributed by atoms with Crippen LogP contribution in [-0.2, 0) is 16.1 Å². The molecule has 0 spiro atoms. The number of aliphatic hydroxyl groups excluding tert-OH is 1. The summed E-state index contributed by atoms with van der Waals surface area (Å²) in [5.41, 5.74) is 2.52. The number of amides is 1. The quantitative estimate of drug-likeness (QED) is 0.335. The molecule has 1 unspecified atom stereocenters. The monoisotopic (exact) mass is 449 g/mol. The number of Topliss-reactive ketones (excluding diaryl/α,β-unsaturated/α-hetero) is 1. The molecule has 2 heterocycles. The Morgan fingerprint density at radius 1 is 1.09 bits per heavy atom. The Bertz CT molecular complexity index is 1230. The van der Waals surface area contributed by atoms with Crippen molar-refractivity contribution in [1.82, 2.24) is 4.90 Å². The largest absolute Gasteiger partial charge is 0.508 e. The zero-order valence-corrected chi connectivity index (χ0v) is 18.8. The number of likely N-dealkylation sites (tertiary alicyclic amines) is 1. The van der Waals surface area contributed by atoms with E-state index >= 15 is 0 Å². The molecule has 6 nitrogen and oxygen atoms in total. The molecule has 1 amide bonds. The Labute approximate surface area is 190 Å². The molecule has 0 radical (unpaired) electrons. The summed E-state index contributed by atoms with van der Waals surface area (Å²) < 4.78 is 5.35. The van der Waals surface area contributed by atoms with Gasteiger partial charge < -0.3 is 19.8 Å². The van der Waals surface area contributed by atoms with E-state index in [0.717, 1.165) is 10.4 Å². The van der Waals surface area contributed by atoms with Gasteiger partial charge in [-0.25, -0.2) is 0 Å². The van der Waals surface area contributed by atoms with Gasteiger partial charge in [-0.3, -0.25) is 9.59 Å². The molecule has 1 saturated heterocycles. The molecule has 164 valence electrons. The van der Waals surface area contributed by atoms with Crippen LogP contribution in [0.25, 0.3) is 5.76 Å². The van der Waals surface area contributed by atoms with E-state index in [0.29, 0.717) is 22.4 Å². The summed E-state index contributed by atoms with van der Waals surface area (Å²) in [4.78, 5) is 28.6. The van der Waals surface area contributed by atoms with Crippen LogP contribution in [-0.4, -0.2) is 33.9 Å². The third kappa shape index (κ3) is 3.76. The number of nitrogens with zero attached hydrogens (tertiary/aromatic N) is 1. The lowest BCUT2D eigenvalue weighted by Crippen LogP contribution is -2.28.